The van der Waals surface area contributed by atoms with Crippen molar-refractivity contribution in [3.05, 3.63) is 90.0 Å². The van der Waals surface area contributed by atoms with Crippen molar-refractivity contribution in [1.29, 1.82) is 0 Å². The van der Waals surface area contributed by atoms with Crippen LogP contribution in [0.15, 0.2) is 78.9 Å². The maximum Gasteiger partial charge on any atom is 0.244 e. The first-order valence-corrected chi connectivity index (χ1v) is 16.5. The summed E-state index contributed by atoms with van der Waals surface area (Å²) >= 11 is 0. The molecule has 0 radical (unpaired) electrons. The fourth-order valence-electron chi connectivity index (χ4n) is 5.32. The fourth-order valence-corrected chi connectivity index (χ4v) is 6.17. The third kappa shape index (κ3) is 8.97. The summed E-state index contributed by atoms with van der Waals surface area (Å²) in [5.41, 5.74) is 2.10. The Bertz CT molecular complexity index is 1460. The lowest BCUT2D eigenvalue weighted by atomic mass is 10.1. The van der Waals surface area contributed by atoms with Gasteiger partial charge in [-0.25, -0.2) is 8.42 Å². The van der Waals surface area contributed by atoms with Crippen molar-refractivity contribution in [3.63, 3.8) is 0 Å². The van der Waals surface area contributed by atoms with Crippen LogP contribution in [0.5, 0.6) is 11.5 Å². The molecule has 0 spiro atoms. The molecule has 2 amide bonds. The van der Waals surface area contributed by atoms with Gasteiger partial charge in [-0.15, -0.1) is 0 Å². The van der Waals surface area contributed by atoms with Gasteiger partial charge in [0.25, 0.3) is 0 Å². The van der Waals surface area contributed by atoms with E-state index >= 15 is 0 Å². The lowest BCUT2D eigenvalue weighted by molar-refractivity contribution is -0.140. The number of carbonyl (C=O) groups excluding carboxylic acids is 2. The summed E-state index contributed by atoms with van der Waals surface area (Å²) < 4.78 is 38.2. The predicted octanol–water partition coefficient (Wildman–Crippen LogP) is 4.91. The van der Waals surface area contributed by atoms with E-state index in [1.165, 1.54) is 4.90 Å². The summed E-state index contributed by atoms with van der Waals surface area (Å²) in [6, 6.07) is 22.9. The minimum Gasteiger partial charge on any atom is -0.497 e. The maximum absolute atomic E-state index is 14.0. The van der Waals surface area contributed by atoms with Crippen LogP contribution in [0, 0.1) is 0 Å². The highest BCUT2D eigenvalue weighted by Gasteiger charge is 2.33. The number of benzene rings is 3. The number of hydrogen-bond acceptors (Lipinski definition) is 6. The normalized spacial score (nSPS) is 14.1. The topological polar surface area (TPSA) is 105 Å². The maximum atomic E-state index is 14.0. The molecule has 0 aliphatic heterocycles. The summed E-state index contributed by atoms with van der Waals surface area (Å²) in [5, 5.41) is 3.12. The van der Waals surface area contributed by atoms with E-state index in [1.807, 2.05) is 55.5 Å². The van der Waals surface area contributed by atoms with Gasteiger partial charge in [0.2, 0.25) is 21.8 Å². The van der Waals surface area contributed by atoms with Gasteiger partial charge in [-0.2, -0.15) is 0 Å². The van der Waals surface area contributed by atoms with Gasteiger partial charge in [-0.3, -0.25) is 13.9 Å². The van der Waals surface area contributed by atoms with E-state index in [9.17, 15) is 18.0 Å². The quantitative estimate of drug-likeness (QED) is 0.279. The number of hydrogen-bond donors (Lipinski definition) is 1. The van der Waals surface area contributed by atoms with Crippen molar-refractivity contribution >= 4 is 27.5 Å². The van der Waals surface area contributed by atoms with Crippen molar-refractivity contribution in [1.82, 2.24) is 10.2 Å². The molecule has 1 aliphatic rings. The Labute approximate surface area is 254 Å². The van der Waals surface area contributed by atoms with E-state index in [4.69, 9.17) is 9.47 Å². The fraction of sp³-hybridized carbons (Fsp3) is 0.394. The molecule has 0 heterocycles. The Balaban J connectivity index is 1.56. The Kier molecular flexibility index (Phi) is 11.1. The highest BCUT2D eigenvalue weighted by Crippen LogP contribution is 2.24. The summed E-state index contributed by atoms with van der Waals surface area (Å²) in [6.07, 6.45) is 5.40. The minimum absolute atomic E-state index is 0.0884. The number of sulfonamides is 1. The molecule has 43 heavy (non-hydrogen) atoms. The third-order valence-corrected chi connectivity index (χ3v) is 8.77. The number of amides is 2. The molecule has 1 fully saturated rings. The molecule has 0 bridgehead atoms. The van der Waals surface area contributed by atoms with E-state index in [1.54, 1.807) is 37.4 Å². The molecular formula is C33H41N3O6S. The van der Waals surface area contributed by atoms with Crippen LogP contribution in [0.2, 0.25) is 0 Å². The molecule has 1 aliphatic carbocycles. The molecule has 1 N–H and O–H groups in total. The van der Waals surface area contributed by atoms with Gasteiger partial charge in [0.05, 0.1) is 19.1 Å². The second-order valence-corrected chi connectivity index (χ2v) is 12.7. The zero-order chi connectivity index (χ0) is 30.8. The van der Waals surface area contributed by atoms with Gasteiger partial charge in [-0.1, -0.05) is 62.2 Å². The molecule has 9 nitrogen and oxygen atoms in total. The zero-order valence-electron chi connectivity index (χ0n) is 25.1. The summed E-state index contributed by atoms with van der Waals surface area (Å²) in [7, 11) is -2.28. The molecule has 3 aromatic carbocycles. The lowest BCUT2D eigenvalue weighted by Crippen LogP contribution is -2.53. The highest BCUT2D eigenvalue weighted by atomic mass is 32.2. The molecule has 0 aromatic heterocycles. The molecule has 3 aromatic rings. The average Bonchev–Trinajstić information content (AvgIpc) is 3.52. The van der Waals surface area contributed by atoms with E-state index in [2.05, 4.69) is 5.32 Å². The highest BCUT2D eigenvalue weighted by molar-refractivity contribution is 7.92. The van der Waals surface area contributed by atoms with Gasteiger partial charge in [0.1, 0.15) is 30.7 Å². The first-order valence-electron chi connectivity index (χ1n) is 14.6. The van der Waals surface area contributed by atoms with E-state index in [0.29, 0.717) is 30.2 Å². The monoisotopic (exact) mass is 607 g/mol. The van der Waals surface area contributed by atoms with Crippen LogP contribution in [0.3, 0.4) is 0 Å². The zero-order valence-corrected chi connectivity index (χ0v) is 25.9. The Morgan fingerprint density at radius 1 is 0.930 bits per heavy atom. The van der Waals surface area contributed by atoms with E-state index < -0.39 is 28.5 Å². The summed E-state index contributed by atoms with van der Waals surface area (Å²) in [4.78, 5) is 28.9. The smallest absolute Gasteiger partial charge is 0.244 e. The van der Waals surface area contributed by atoms with Crippen LogP contribution >= 0.6 is 0 Å². The first-order chi connectivity index (χ1) is 20.7. The number of rotatable bonds is 14. The average molecular weight is 608 g/mol. The molecule has 0 saturated heterocycles. The lowest BCUT2D eigenvalue weighted by Gasteiger charge is -2.33. The van der Waals surface area contributed by atoms with Crippen LogP contribution in [0.1, 0.15) is 50.2 Å². The Morgan fingerprint density at radius 3 is 2.23 bits per heavy atom. The van der Waals surface area contributed by atoms with Crippen molar-refractivity contribution in [3.8, 4) is 11.5 Å². The van der Waals surface area contributed by atoms with Crippen molar-refractivity contribution in [2.45, 2.75) is 64.3 Å². The third-order valence-electron chi connectivity index (χ3n) is 7.63. The van der Waals surface area contributed by atoms with Gasteiger partial charge < -0.3 is 19.7 Å². The largest absolute Gasteiger partial charge is 0.497 e. The SMILES string of the molecule is CC[C@H](C(=O)NC1CCCC1)N(Cc1cccc(OC)c1)C(=O)CN(c1ccc(OCc2ccccc2)cc1)S(C)(=O)=O. The molecule has 4 rings (SSSR count). The number of nitrogens with one attached hydrogen (secondary N) is 1. The number of carbonyl (C=O) groups is 2. The van der Waals surface area contributed by atoms with Gasteiger partial charge >= 0.3 is 0 Å². The van der Waals surface area contributed by atoms with Gasteiger partial charge in [0.15, 0.2) is 0 Å². The molecule has 230 valence electrons. The van der Waals surface area contributed by atoms with E-state index in [-0.39, 0.29) is 18.5 Å². The molecule has 0 unspecified atom stereocenters. The summed E-state index contributed by atoms with van der Waals surface area (Å²) in [5.74, 6) is 0.491. The van der Waals surface area contributed by atoms with Crippen molar-refractivity contribution < 1.29 is 27.5 Å². The first kappa shape index (κ1) is 31.9. The molecule has 1 atom stereocenters. The number of nitrogens with zero attached hydrogens (tertiary/aromatic N) is 2. The van der Waals surface area contributed by atoms with Crippen LogP contribution in [-0.2, 0) is 32.8 Å². The Hall–Kier alpha value is -4.05. The molecular weight excluding hydrogens is 566 g/mol. The standard InChI is InChI=1S/C33H41N3O6S/c1-4-31(33(38)34-27-14-8-9-15-27)35(22-26-13-10-16-30(21-26)41-2)32(37)23-36(43(3,39)40)28-17-19-29(20-18-28)42-24-25-11-6-5-7-12-25/h5-7,10-13,16-21,27,31H,4,8-9,14-15,22-24H2,1-3H3,(H,34,38)/t31-/m1/s1. The van der Waals surface area contributed by atoms with Gasteiger partial charge in [-0.05, 0) is 66.8 Å². The van der Waals surface area contributed by atoms with Crippen LogP contribution in [0.4, 0.5) is 5.69 Å². The van der Waals surface area contributed by atoms with Crippen molar-refractivity contribution in [2.24, 2.45) is 0 Å². The second kappa shape index (κ2) is 14.9. The molecule has 10 heteroatoms. The van der Waals surface area contributed by atoms with Crippen LogP contribution in [-0.4, -0.2) is 57.1 Å². The minimum atomic E-state index is -3.85. The second-order valence-electron chi connectivity index (χ2n) is 10.8. The van der Waals surface area contributed by atoms with Crippen molar-refractivity contribution in [2.75, 3.05) is 24.2 Å². The van der Waals surface area contributed by atoms with Gasteiger partial charge in [0, 0.05) is 12.6 Å². The summed E-state index contributed by atoms with van der Waals surface area (Å²) in [6.45, 7) is 1.89. The Morgan fingerprint density at radius 2 is 1.60 bits per heavy atom. The van der Waals surface area contributed by atoms with E-state index in [0.717, 1.165) is 47.4 Å². The number of anilines is 1. The van der Waals surface area contributed by atoms with Crippen LogP contribution < -0.4 is 19.1 Å². The number of ether oxygens (including phenoxy) is 2. The predicted molar refractivity (Wildman–Crippen MR) is 167 cm³/mol. The molecule has 1 saturated carbocycles. The number of methoxy groups -OCH3 is 1. The van der Waals surface area contributed by atoms with Crippen LogP contribution in [0.25, 0.3) is 0 Å².